The van der Waals surface area contributed by atoms with E-state index >= 15 is 0 Å². The van der Waals surface area contributed by atoms with Crippen molar-refractivity contribution in [3.8, 4) is 5.75 Å². The number of thiocarbonyl (C=S) groups is 1. The monoisotopic (exact) mass is 321 g/mol. The second kappa shape index (κ2) is 8.10. The number of hydrogen-bond acceptors (Lipinski definition) is 4. The maximum absolute atomic E-state index is 12.1. The number of nitrogens with one attached hydrogen (secondary N) is 2. The van der Waals surface area contributed by atoms with Gasteiger partial charge < -0.3 is 15.4 Å². The van der Waals surface area contributed by atoms with Gasteiger partial charge in [-0.2, -0.15) is 0 Å². The minimum Gasteiger partial charge on any atom is -0.497 e. The highest BCUT2D eigenvalue weighted by atomic mass is 32.1. The number of amides is 1. The molecule has 5 nitrogen and oxygen atoms in total. The van der Waals surface area contributed by atoms with Gasteiger partial charge in [0.25, 0.3) is 0 Å². The van der Waals surface area contributed by atoms with Crippen LogP contribution in [0.5, 0.6) is 5.75 Å². The van der Waals surface area contributed by atoms with Gasteiger partial charge in [-0.05, 0) is 62.8 Å². The Morgan fingerprint density at radius 3 is 2.73 bits per heavy atom. The molecule has 0 bridgehead atoms. The third kappa shape index (κ3) is 4.96. The van der Waals surface area contributed by atoms with Gasteiger partial charge in [0.15, 0.2) is 5.11 Å². The highest BCUT2D eigenvalue weighted by Crippen LogP contribution is 2.16. The molecular weight excluding hydrogens is 298 g/mol. The fraction of sp³-hybridized carbons (Fsp3) is 0.500. The Hall–Kier alpha value is -1.66. The largest absolute Gasteiger partial charge is 0.497 e. The molecule has 120 valence electrons. The molecule has 0 aromatic heterocycles. The standard InChI is InChI=1S/C16H23N3O2S/c1-12-5-3-4-10-19(12)11-15(20)18-16(22)17-13-6-8-14(21-2)9-7-13/h6-9,12H,3-5,10-11H2,1-2H3,(H2,17,18,20,22). The summed E-state index contributed by atoms with van der Waals surface area (Å²) < 4.78 is 5.10. The Balaban J connectivity index is 1.79. The SMILES string of the molecule is COc1ccc(NC(=S)NC(=O)CN2CCCCC2C)cc1. The van der Waals surface area contributed by atoms with Crippen molar-refractivity contribution >= 4 is 28.9 Å². The Kier molecular flexibility index (Phi) is 6.15. The number of anilines is 1. The highest BCUT2D eigenvalue weighted by Gasteiger charge is 2.20. The van der Waals surface area contributed by atoms with Gasteiger partial charge in [0.1, 0.15) is 5.75 Å². The van der Waals surface area contributed by atoms with Crippen LogP contribution in [0.25, 0.3) is 0 Å². The number of ether oxygens (including phenoxy) is 1. The molecule has 1 aliphatic heterocycles. The number of benzene rings is 1. The molecule has 1 amide bonds. The Labute approximate surface area is 137 Å². The summed E-state index contributed by atoms with van der Waals surface area (Å²) in [6, 6.07) is 7.83. The van der Waals surface area contributed by atoms with E-state index in [1.165, 1.54) is 6.42 Å². The van der Waals surface area contributed by atoms with Crippen LogP contribution in [-0.4, -0.2) is 42.2 Å². The van der Waals surface area contributed by atoms with Crippen LogP contribution < -0.4 is 15.4 Å². The predicted molar refractivity (Wildman–Crippen MR) is 92.2 cm³/mol. The molecule has 1 fully saturated rings. The topological polar surface area (TPSA) is 53.6 Å². The average Bonchev–Trinajstić information content (AvgIpc) is 2.50. The van der Waals surface area contributed by atoms with Crippen molar-refractivity contribution in [3.05, 3.63) is 24.3 Å². The van der Waals surface area contributed by atoms with Crippen LogP contribution >= 0.6 is 12.2 Å². The van der Waals surface area contributed by atoms with E-state index in [2.05, 4.69) is 22.5 Å². The van der Waals surface area contributed by atoms with E-state index in [1.807, 2.05) is 24.3 Å². The number of hydrogen-bond donors (Lipinski definition) is 2. The number of carbonyl (C=O) groups excluding carboxylic acids is 1. The molecule has 0 spiro atoms. The zero-order chi connectivity index (χ0) is 15.9. The Morgan fingerprint density at radius 1 is 1.36 bits per heavy atom. The van der Waals surface area contributed by atoms with Gasteiger partial charge in [0.05, 0.1) is 13.7 Å². The fourth-order valence-corrected chi connectivity index (χ4v) is 2.81. The summed E-state index contributed by atoms with van der Waals surface area (Å²) in [7, 11) is 1.62. The molecule has 2 N–H and O–H groups in total. The molecule has 1 aromatic carbocycles. The summed E-state index contributed by atoms with van der Waals surface area (Å²) in [6.07, 6.45) is 3.56. The van der Waals surface area contributed by atoms with E-state index in [4.69, 9.17) is 17.0 Å². The Morgan fingerprint density at radius 2 is 2.09 bits per heavy atom. The number of methoxy groups -OCH3 is 1. The van der Waals surface area contributed by atoms with Crippen LogP contribution in [0, 0.1) is 0 Å². The van der Waals surface area contributed by atoms with Crippen LogP contribution in [0.1, 0.15) is 26.2 Å². The van der Waals surface area contributed by atoms with Crippen molar-refractivity contribution in [2.24, 2.45) is 0 Å². The molecule has 2 rings (SSSR count). The first-order valence-electron chi connectivity index (χ1n) is 7.57. The lowest BCUT2D eigenvalue weighted by Gasteiger charge is -2.32. The molecule has 22 heavy (non-hydrogen) atoms. The van der Waals surface area contributed by atoms with E-state index in [1.54, 1.807) is 7.11 Å². The summed E-state index contributed by atoms with van der Waals surface area (Å²) in [5.74, 6) is 0.708. The van der Waals surface area contributed by atoms with Gasteiger partial charge in [-0.15, -0.1) is 0 Å². The maximum Gasteiger partial charge on any atom is 0.240 e. The predicted octanol–water partition coefficient (Wildman–Crippen LogP) is 2.38. The van der Waals surface area contributed by atoms with Crippen molar-refractivity contribution < 1.29 is 9.53 Å². The van der Waals surface area contributed by atoms with Gasteiger partial charge in [-0.25, -0.2) is 0 Å². The lowest BCUT2D eigenvalue weighted by Crippen LogP contribution is -2.46. The first-order valence-corrected chi connectivity index (χ1v) is 7.98. The van der Waals surface area contributed by atoms with Crippen molar-refractivity contribution in [2.75, 3.05) is 25.5 Å². The average molecular weight is 321 g/mol. The molecule has 0 saturated carbocycles. The first kappa shape index (κ1) is 16.7. The fourth-order valence-electron chi connectivity index (χ4n) is 2.58. The smallest absolute Gasteiger partial charge is 0.240 e. The van der Waals surface area contributed by atoms with Crippen molar-refractivity contribution in [1.29, 1.82) is 0 Å². The van der Waals surface area contributed by atoms with Gasteiger partial charge in [-0.1, -0.05) is 6.42 Å². The second-order valence-corrected chi connectivity index (χ2v) is 5.95. The molecular formula is C16H23N3O2S. The number of rotatable bonds is 4. The summed E-state index contributed by atoms with van der Waals surface area (Å²) in [5.41, 5.74) is 0.817. The third-order valence-corrected chi connectivity index (χ3v) is 4.09. The summed E-state index contributed by atoms with van der Waals surface area (Å²) in [5, 5.41) is 6.05. The van der Waals surface area contributed by atoms with E-state index in [-0.39, 0.29) is 5.91 Å². The minimum absolute atomic E-state index is 0.0697. The normalized spacial score (nSPS) is 18.5. The zero-order valence-corrected chi connectivity index (χ0v) is 13.9. The van der Waals surface area contributed by atoms with E-state index in [0.29, 0.717) is 17.7 Å². The van der Waals surface area contributed by atoms with E-state index in [9.17, 15) is 4.79 Å². The first-order chi connectivity index (χ1) is 10.6. The summed E-state index contributed by atoms with van der Waals surface area (Å²) >= 11 is 5.18. The van der Waals surface area contributed by atoms with Crippen LogP contribution in [-0.2, 0) is 4.79 Å². The molecule has 6 heteroatoms. The van der Waals surface area contributed by atoms with E-state index < -0.39 is 0 Å². The van der Waals surface area contributed by atoms with Crippen molar-refractivity contribution in [1.82, 2.24) is 10.2 Å². The summed E-state index contributed by atoms with van der Waals surface area (Å²) in [4.78, 5) is 14.3. The van der Waals surface area contributed by atoms with Crippen LogP contribution in [0.4, 0.5) is 5.69 Å². The van der Waals surface area contributed by atoms with Gasteiger partial charge >= 0.3 is 0 Å². The second-order valence-electron chi connectivity index (χ2n) is 5.55. The lowest BCUT2D eigenvalue weighted by molar-refractivity contribution is -0.121. The zero-order valence-electron chi connectivity index (χ0n) is 13.1. The number of carbonyl (C=O) groups is 1. The number of nitrogens with zero attached hydrogens (tertiary/aromatic N) is 1. The minimum atomic E-state index is -0.0697. The molecule has 1 saturated heterocycles. The molecule has 1 unspecified atom stereocenters. The van der Waals surface area contributed by atoms with E-state index in [0.717, 1.165) is 30.8 Å². The van der Waals surface area contributed by atoms with Gasteiger partial charge in [0, 0.05) is 11.7 Å². The molecule has 1 aromatic rings. The summed E-state index contributed by atoms with van der Waals surface area (Å²) in [6.45, 7) is 3.54. The molecule has 0 radical (unpaired) electrons. The van der Waals surface area contributed by atoms with Crippen LogP contribution in [0.15, 0.2) is 24.3 Å². The van der Waals surface area contributed by atoms with Crippen molar-refractivity contribution in [2.45, 2.75) is 32.2 Å². The molecule has 0 aliphatic carbocycles. The third-order valence-electron chi connectivity index (χ3n) is 3.89. The maximum atomic E-state index is 12.1. The van der Waals surface area contributed by atoms with Crippen LogP contribution in [0.3, 0.4) is 0 Å². The number of likely N-dealkylation sites (tertiary alicyclic amines) is 1. The van der Waals surface area contributed by atoms with Crippen molar-refractivity contribution in [3.63, 3.8) is 0 Å². The molecule has 1 aliphatic rings. The quantitative estimate of drug-likeness (QED) is 0.834. The molecule has 1 heterocycles. The van der Waals surface area contributed by atoms with Crippen LogP contribution in [0.2, 0.25) is 0 Å². The van der Waals surface area contributed by atoms with Gasteiger partial charge in [0.2, 0.25) is 5.91 Å². The highest BCUT2D eigenvalue weighted by molar-refractivity contribution is 7.80. The molecule has 1 atom stereocenters. The lowest BCUT2D eigenvalue weighted by atomic mass is 10.0. The number of piperidine rings is 1. The van der Waals surface area contributed by atoms with Gasteiger partial charge in [-0.3, -0.25) is 9.69 Å². The Bertz CT molecular complexity index is 519.